The fourth-order valence-electron chi connectivity index (χ4n) is 1.56. The third-order valence-corrected chi connectivity index (χ3v) is 2.40. The first-order valence-electron chi connectivity index (χ1n) is 6.12. The van der Waals surface area contributed by atoms with Crippen LogP contribution in [0, 0.1) is 0 Å². The Kier molecular flexibility index (Phi) is 5.85. The van der Waals surface area contributed by atoms with Crippen molar-refractivity contribution in [3.05, 3.63) is 23.8 Å². The van der Waals surface area contributed by atoms with Gasteiger partial charge in [-0.05, 0) is 26.0 Å². The summed E-state index contributed by atoms with van der Waals surface area (Å²) in [6.45, 7) is 4.65. The minimum absolute atomic E-state index is 0.301. The molecular formula is C14H18O5. The maximum absolute atomic E-state index is 12.0. The van der Waals surface area contributed by atoms with Gasteiger partial charge in [0.1, 0.15) is 17.9 Å². The van der Waals surface area contributed by atoms with Gasteiger partial charge in [-0.15, -0.1) is 0 Å². The quantitative estimate of drug-likeness (QED) is 0.430. The van der Waals surface area contributed by atoms with Gasteiger partial charge in [0.05, 0.1) is 25.9 Å². The number of rotatable bonds is 7. The number of methoxy groups -OCH3 is 1. The van der Waals surface area contributed by atoms with Crippen molar-refractivity contribution < 1.29 is 23.8 Å². The number of hydrogen-bond donors (Lipinski definition) is 0. The summed E-state index contributed by atoms with van der Waals surface area (Å²) in [6.07, 6.45) is -0.301. The molecule has 1 aromatic carbocycles. The summed E-state index contributed by atoms with van der Waals surface area (Å²) in [5.74, 6) is 0.141. The second-order valence-electron chi connectivity index (χ2n) is 3.70. The molecule has 5 heteroatoms. The number of benzene rings is 1. The van der Waals surface area contributed by atoms with E-state index in [9.17, 15) is 9.59 Å². The molecule has 0 aliphatic carbocycles. The lowest BCUT2D eigenvalue weighted by Gasteiger charge is -2.11. The smallest absolute Gasteiger partial charge is 0.313 e. The molecule has 5 nitrogen and oxygen atoms in total. The van der Waals surface area contributed by atoms with Crippen LogP contribution in [0.2, 0.25) is 0 Å². The van der Waals surface area contributed by atoms with E-state index in [1.165, 1.54) is 7.11 Å². The second-order valence-corrected chi connectivity index (χ2v) is 3.70. The molecule has 1 rings (SSSR count). The monoisotopic (exact) mass is 266 g/mol. The van der Waals surface area contributed by atoms with Crippen LogP contribution in [0.15, 0.2) is 18.2 Å². The highest BCUT2D eigenvalue weighted by atomic mass is 16.5. The van der Waals surface area contributed by atoms with E-state index in [1.54, 1.807) is 18.2 Å². The van der Waals surface area contributed by atoms with Gasteiger partial charge in [0.2, 0.25) is 0 Å². The van der Waals surface area contributed by atoms with E-state index in [-0.39, 0.29) is 12.2 Å². The van der Waals surface area contributed by atoms with Crippen molar-refractivity contribution in [3.8, 4) is 11.5 Å². The molecule has 0 saturated carbocycles. The number of esters is 1. The predicted octanol–water partition coefficient (Wildman–Crippen LogP) is 2.23. The standard InChI is InChI=1S/C14H18O5/c1-4-18-10-6-7-11(13(8-10)19-5-2)12(15)9-14(16)17-3/h6-8H,4-5,9H2,1-3H3. The average Bonchev–Trinajstić information content (AvgIpc) is 2.39. The summed E-state index contributed by atoms with van der Waals surface area (Å²) in [5, 5.41) is 0. The fourth-order valence-corrected chi connectivity index (χ4v) is 1.56. The maximum Gasteiger partial charge on any atom is 0.313 e. The van der Waals surface area contributed by atoms with Gasteiger partial charge in [-0.2, -0.15) is 0 Å². The fraction of sp³-hybridized carbons (Fsp3) is 0.429. The molecular weight excluding hydrogens is 248 g/mol. The lowest BCUT2D eigenvalue weighted by Crippen LogP contribution is -2.11. The zero-order chi connectivity index (χ0) is 14.3. The first-order valence-corrected chi connectivity index (χ1v) is 6.12. The molecule has 0 aliphatic heterocycles. The van der Waals surface area contributed by atoms with Crippen LogP contribution in [0.3, 0.4) is 0 Å². The molecule has 0 spiro atoms. The number of hydrogen-bond acceptors (Lipinski definition) is 5. The van der Waals surface area contributed by atoms with Crippen LogP contribution in [-0.4, -0.2) is 32.1 Å². The topological polar surface area (TPSA) is 61.8 Å². The van der Waals surface area contributed by atoms with Crippen LogP contribution < -0.4 is 9.47 Å². The number of ketones is 1. The van der Waals surface area contributed by atoms with E-state index in [0.29, 0.717) is 30.3 Å². The molecule has 0 saturated heterocycles. The van der Waals surface area contributed by atoms with Crippen molar-refractivity contribution >= 4 is 11.8 Å². The maximum atomic E-state index is 12.0. The van der Waals surface area contributed by atoms with Crippen LogP contribution in [0.25, 0.3) is 0 Å². The molecule has 1 aromatic rings. The van der Waals surface area contributed by atoms with E-state index in [2.05, 4.69) is 4.74 Å². The lowest BCUT2D eigenvalue weighted by molar-refractivity contribution is -0.139. The number of carbonyl (C=O) groups excluding carboxylic acids is 2. The number of carbonyl (C=O) groups is 2. The number of Topliss-reactive ketones (excluding diaryl/α,β-unsaturated/α-hetero) is 1. The Morgan fingerprint density at radius 1 is 1.11 bits per heavy atom. The number of ether oxygens (including phenoxy) is 3. The molecule has 104 valence electrons. The van der Waals surface area contributed by atoms with Gasteiger partial charge < -0.3 is 14.2 Å². The van der Waals surface area contributed by atoms with E-state index in [4.69, 9.17) is 9.47 Å². The van der Waals surface area contributed by atoms with Crippen LogP contribution in [0.4, 0.5) is 0 Å². The van der Waals surface area contributed by atoms with Gasteiger partial charge in [-0.3, -0.25) is 9.59 Å². The van der Waals surface area contributed by atoms with E-state index < -0.39 is 5.97 Å². The van der Waals surface area contributed by atoms with Crippen LogP contribution >= 0.6 is 0 Å². The summed E-state index contributed by atoms with van der Waals surface area (Å²) in [7, 11) is 1.25. The molecule has 0 fully saturated rings. The van der Waals surface area contributed by atoms with E-state index in [1.807, 2.05) is 13.8 Å². The Morgan fingerprint density at radius 3 is 2.37 bits per heavy atom. The molecule has 0 unspecified atom stereocenters. The molecule has 0 aromatic heterocycles. The minimum Gasteiger partial charge on any atom is -0.494 e. The Labute approximate surface area is 112 Å². The largest absolute Gasteiger partial charge is 0.494 e. The summed E-state index contributed by atoms with van der Waals surface area (Å²) in [4.78, 5) is 23.1. The van der Waals surface area contributed by atoms with E-state index in [0.717, 1.165) is 0 Å². The molecule has 0 bridgehead atoms. The Bertz CT molecular complexity index is 453. The van der Waals surface area contributed by atoms with Gasteiger partial charge in [-0.1, -0.05) is 0 Å². The molecule has 0 aliphatic rings. The van der Waals surface area contributed by atoms with Crippen molar-refractivity contribution in [2.24, 2.45) is 0 Å². The Morgan fingerprint density at radius 2 is 1.79 bits per heavy atom. The predicted molar refractivity (Wildman–Crippen MR) is 69.7 cm³/mol. The van der Waals surface area contributed by atoms with Crippen molar-refractivity contribution in [2.75, 3.05) is 20.3 Å². The Hall–Kier alpha value is -2.04. The van der Waals surface area contributed by atoms with Crippen molar-refractivity contribution in [1.82, 2.24) is 0 Å². The molecule has 0 heterocycles. The van der Waals surface area contributed by atoms with Gasteiger partial charge in [-0.25, -0.2) is 0 Å². The van der Waals surface area contributed by atoms with Gasteiger partial charge >= 0.3 is 5.97 Å². The average molecular weight is 266 g/mol. The summed E-state index contributed by atoms with van der Waals surface area (Å²) < 4.78 is 15.2. The van der Waals surface area contributed by atoms with Crippen LogP contribution in [-0.2, 0) is 9.53 Å². The molecule has 0 radical (unpaired) electrons. The summed E-state index contributed by atoms with van der Waals surface area (Å²) in [6, 6.07) is 4.93. The van der Waals surface area contributed by atoms with Crippen molar-refractivity contribution in [3.63, 3.8) is 0 Å². The van der Waals surface area contributed by atoms with Crippen molar-refractivity contribution in [1.29, 1.82) is 0 Å². The SMILES string of the molecule is CCOc1ccc(C(=O)CC(=O)OC)c(OCC)c1. The lowest BCUT2D eigenvalue weighted by atomic mass is 10.1. The highest BCUT2D eigenvalue weighted by Gasteiger charge is 2.17. The molecule has 0 atom stereocenters. The zero-order valence-electron chi connectivity index (χ0n) is 11.4. The minimum atomic E-state index is -0.568. The normalized spacial score (nSPS) is 9.84. The van der Waals surface area contributed by atoms with E-state index >= 15 is 0 Å². The third kappa shape index (κ3) is 4.28. The highest BCUT2D eigenvalue weighted by molar-refractivity contribution is 6.07. The first kappa shape index (κ1) is 15.0. The Balaban J connectivity index is 2.98. The highest BCUT2D eigenvalue weighted by Crippen LogP contribution is 2.26. The third-order valence-electron chi connectivity index (χ3n) is 2.40. The summed E-state index contributed by atoms with van der Waals surface area (Å²) >= 11 is 0. The van der Waals surface area contributed by atoms with Crippen molar-refractivity contribution in [2.45, 2.75) is 20.3 Å². The molecule has 0 amide bonds. The second kappa shape index (κ2) is 7.41. The van der Waals surface area contributed by atoms with Gasteiger partial charge in [0.25, 0.3) is 0 Å². The van der Waals surface area contributed by atoms with Gasteiger partial charge in [0.15, 0.2) is 5.78 Å². The summed E-state index contributed by atoms with van der Waals surface area (Å²) in [5.41, 5.74) is 0.357. The van der Waals surface area contributed by atoms with Crippen LogP contribution in [0.1, 0.15) is 30.6 Å². The van der Waals surface area contributed by atoms with Crippen LogP contribution in [0.5, 0.6) is 11.5 Å². The molecule has 19 heavy (non-hydrogen) atoms. The first-order chi connectivity index (χ1) is 9.12. The van der Waals surface area contributed by atoms with Gasteiger partial charge in [0, 0.05) is 6.07 Å². The zero-order valence-corrected chi connectivity index (χ0v) is 11.4. The molecule has 0 N–H and O–H groups in total.